The van der Waals surface area contributed by atoms with Crippen LogP contribution in [-0.4, -0.2) is 0 Å². The average molecular weight is 612 g/mol. The molecule has 6 rings (SSSR count). The van der Waals surface area contributed by atoms with Crippen molar-refractivity contribution in [3.8, 4) is 0 Å². The predicted octanol–water partition coefficient (Wildman–Crippen LogP) is 12.1. The Labute approximate surface area is 229 Å². The summed E-state index contributed by atoms with van der Waals surface area (Å²) >= 11 is 9.10. The molecule has 2 heterocycles. The molecule has 0 bridgehead atoms. The van der Waals surface area contributed by atoms with E-state index in [-0.39, 0.29) is 0 Å². The summed E-state index contributed by atoms with van der Waals surface area (Å²) in [5, 5.41) is 5.06. The van der Waals surface area contributed by atoms with Gasteiger partial charge in [0.15, 0.2) is 0 Å². The number of hydrogen-bond acceptors (Lipinski definition) is 2. The Bertz CT molecular complexity index is 1590. The molecule has 6 aromatic rings. The first-order chi connectivity index (χ1) is 16.9. The lowest BCUT2D eigenvalue weighted by molar-refractivity contribution is 0.668. The zero-order valence-electron chi connectivity index (χ0n) is 21.4. The van der Waals surface area contributed by atoms with Gasteiger partial charge in [0.25, 0.3) is 0 Å². The Morgan fingerprint density at radius 2 is 1.23 bits per heavy atom. The lowest BCUT2D eigenvalue weighted by atomic mass is 10.1. The van der Waals surface area contributed by atoms with Gasteiger partial charge in [-0.1, -0.05) is 88.9 Å². The standard InChI is InChI=1S/C14H11BrO.C13H9BrS.2C2H6/c1-8-3-4-12-10(5-8)14-11(15)6-9(2)7-13(14)16-12;1-8-5-6-11-9(7-8)13-10(14)3-2-4-12(13)15-11;2*1-2/h3-7H,1-2H3;2-7H,1H3;2*1-2H3. The van der Waals surface area contributed by atoms with Crippen molar-refractivity contribution < 1.29 is 4.42 Å². The Kier molecular flexibility index (Phi) is 9.57. The minimum Gasteiger partial charge on any atom is -0.456 e. The van der Waals surface area contributed by atoms with E-state index in [1.54, 1.807) is 0 Å². The summed E-state index contributed by atoms with van der Waals surface area (Å²) in [5.74, 6) is 0. The normalized spacial score (nSPS) is 10.4. The zero-order valence-corrected chi connectivity index (χ0v) is 25.4. The average Bonchev–Trinajstić information content (AvgIpc) is 3.40. The molecule has 4 aromatic carbocycles. The van der Waals surface area contributed by atoms with E-state index in [1.165, 1.54) is 52.1 Å². The summed E-state index contributed by atoms with van der Waals surface area (Å²) in [6.45, 7) is 14.3. The molecule has 182 valence electrons. The summed E-state index contributed by atoms with van der Waals surface area (Å²) in [7, 11) is 0. The number of rotatable bonds is 0. The molecule has 0 saturated heterocycles. The lowest BCUT2D eigenvalue weighted by Crippen LogP contribution is -1.75. The Morgan fingerprint density at radius 1 is 0.571 bits per heavy atom. The molecule has 35 heavy (non-hydrogen) atoms. The first-order valence-electron chi connectivity index (χ1n) is 12.1. The minimum absolute atomic E-state index is 0.951. The Morgan fingerprint density at radius 3 is 1.94 bits per heavy atom. The maximum absolute atomic E-state index is 5.84. The minimum atomic E-state index is 0.951. The monoisotopic (exact) mass is 610 g/mol. The van der Waals surface area contributed by atoms with Crippen molar-refractivity contribution in [3.05, 3.63) is 92.4 Å². The highest BCUT2D eigenvalue weighted by Crippen LogP contribution is 2.38. The molecule has 0 N–H and O–H groups in total. The van der Waals surface area contributed by atoms with E-state index in [0.717, 1.165) is 15.6 Å². The molecule has 0 unspecified atom stereocenters. The highest BCUT2D eigenvalue weighted by molar-refractivity contribution is 9.11. The molecule has 0 aliphatic carbocycles. The fourth-order valence-corrected chi connectivity index (χ4v) is 6.59. The van der Waals surface area contributed by atoms with E-state index >= 15 is 0 Å². The number of thiophene rings is 1. The van der Waals surface area contributed by atoms with E-state index in [0.29, 0.717) is 0 Å². The van der Waals surface area contributed by atoms with E-state index in [9.17, 15) is 0 Å². The highest BCUT2D eigenvalue weighted by Gasteiger charge is 2.10. The van der Waals surface area contributed by atoms with Gasteiger partial charge in [-0.25, -0.2) is 0 Å². The van der Waals surface area contributed by atoms with E-state index < -0.39 is 0 Å². The van der Waals surface area contributed by atoms with Crippen molar-refractivity contribution >= 4 is 85.3 Å². The maximum Gasteiger partial charge on any atom is 0.136 e. The maximum atomic E-state index is 5.84. The van der Waals surface area contributed by atoms with Crippen molar-refractivity contribution in [2.45, 2.75) is 48.5 Å². The van der Waals surface area contributed by atoms with Crippen LogP contribution in [0.25, 0.3) is 42.1 Å². The van der Waals surface area contributed by atoms with Crippen LogP contribution in [0.3, 0.4) is 0 Å². The number of aryl methyl sites for hydroxylation is 3. The van der Waals surface area contributed by atoms with Crippen LogP contribution in [0.15, 0.2) is 80.1 Å². The van der Waals surface area contributed by atoms with Crippen molar-refractivity contribution in [2.24, 2.45) is 0 Å². The van der Waals surface area contributed by atoms with Gasteiger partial charge in [0, 0.05) is 39.9 Å². The quantitative estimate of drug-likeness (QED) is 0.166. The molecule has 0 spiro atoms. The van der Waals surface area contributed by atoms with Gasteiger partial charge in [-0.2, -0.15) is 0 Å². The number of benzene rings is 4. The topological polar surface area (TPSA) is 13.1 Å². The number of halogens is 2. The van der Waals surface area contributed by atoms with Gasteiger partial charge in [-0.05, 0) is 74.9 Å². The fourth-order valence-electron chi connectivity index (χ4n) is 4.00. The summed E-state index contributed by atoms with van der Waals surface area (Å²) in [6, 6.07) is 23.5. The number of furan rings is 1. The highest BCUT2D eigenvalue weighted by atomic mass is 79.9. The van der Waals surface area contributed by atoms with Gasteiger partial charge in [-0.3, -0.25) is 0 Å². The summed E-state index contributed by atoms with van der Waals surface area (Å²) in [6.07, 6.45) is 0. The van der Waals surface area contributed by atoms with Crippen LogP contribution in [0.1, 0.15) is 44.4 Å². The Balaban J connectivity index is 0.000000172. The van der Waals surface area contributed by atoms with E-state index in [1.807, 2.05) is 45.1 Å². The number of hydrogen-bond donors (Lipinski definition) is 0. The molecule has 0 radical (unpaired) electrons. The van der Waals surface area contributed by atoms with Crippen molar-refractivity contribution in [2.75, 3.05) is 0 Å². The van der Waals surface area contributed by atoms with Crippen LogP contribution < -0.4 is 0 Å². The lowest BCUT2D eigenvalue weighted by Gasteiger charge is -1.97. The molecule has 0 atom stereocenters. The van der Waals surface area contributed by atoms with Gasteiger partial charge in [0.05, 0.1) is 0 Å². The van der Waals surface area contributed by atoms with E-state index in [4.69, 9.17) is 4.42 Å². The number of fused-ring (bicyclic) bond motifs is 6. The molecule has 0 saturated carbocycles. The van der Waals surface area contributed by atoms with Crippen LogP contribution in [0.2, 0.25) is 0 Å². The smallest absolute Gasteiger partial charge is 0.136 e. The van der Waals surface area contributed by atoms with Gasteiger partial charge >= 0.3 is 0 Å². The third kappa shape index (κ3) is 5.82. The molecule has 4 heteroatoms. The van der Waals surface area contributed by atoms with E-state index in [2.05, 4.69) is 113 Å². The fraction of sp³-hybridized carbons (Fsp3) is 0.226. The third-order valence-corrected chi connectivity index (χ3v) is 7.84. The molecule has 0 fully saturated rings. The SMILES string of the molecule is CC.CC.Cc1cc(Br)c2c(c1)oc1ccc(C)cc12.Cc1ccc2sc3cccc(Br)c3c2c1. The van der Waals surface area contributed by atoms with Crippen LogP contribution in [0, 0.1) is 20.8 Å². The predicted molar refractivity (Wildman–Crippen MR) is 165 cm³/mol. The molecular formula is C31H32Br2OS. The second kappa shape index (κ2) is 12.2. The first kappa shape index (κ1) is 27.4. The second-order valence-corrected chi connectivity index (χ2v) is 10.7. The van der Waals surface area contributed by atoms with Crippen LogP contribution in [0.4, 0.5) is 0 Å². The van der Waals surface area contributed by atoms with Crippen molar-refractivity contribution in [1.82, 2.24) is 0 Å². The van der Waals surface area contributed by atoms with Gasteiger partial charge in [0.2, 0.25) is 0 Å². The zero-order chi connectivity index (χ0) is 25.7. The first-order valence-corrected chi connectivity index (χ1v) is 14.5. The molecule has 0 amide bonds. The summed E-state index contributed by atoms with van der Waals surface area (Å²) in [5.41, 5.74) is 5.68. The Hall–Kier alpha value is -2.14. The van der Waals surface area contributed by atoms with Gasteiger partial charge in [-0.15, -0.1) is 11.3 Å². The van der Waals surface area contributed by atoms with Crippen molar-refractivity contribution in [1.29, 1.82) is 0 Å². The molecule has 2 aromatic heterocycles. The largest absolute Gasteiger partial charge is 0.456 e. The van der Waals surface area contributed by atoms with Crippen LogP contribution in [0.5, 0.6) is 0 Å². The second-order valence-electron chi connectivity index (χ2n) is 7.94. The van der Waals surface area contributed by atoms with Crippen LogP contribution >= 0.6 is 43.2 Å². The molecule has 0 aliphatic rings. The summed E-state index contributed by atoms with van der Waals surface area (Å²) < 4.78 is 10.8. The molecule has 1 nitrogen and oxygen atoms in total. The van der Waals surface area contributed by atoms with Gasteiger partial charge < -0.3 is 4.42 Å². The van der Waals surface area contributed by atoms with Gasteiger partial charge in [0.1, 0.15) is 11.2 Å². The van der Waals surface area contributed by atoms with Crippen molar-refractivity contribution in [3.63, 3.8) is 0 Å². The van der Waals surface area contributed by atoms with Crippen LogP contribution in [-0.2, 0) is 0 Å². The third-order valence-electron chi connectivity index (χ3n) is 5.42. The molecular weight excluding hydrogens is 580 g/mol. The molecule has 0 aliphatic heterocycles. The summed E-state index contributed by atoms with van der Waals surface area (Å²) in [4.78, 5) is 0.